The summed E-state index contributed by atoms with van der Waals surface area (Å²) in [7, 11) is 0. The van der Waals surface area contributed by atoms with Gasteiger partial charge in [0.05, 0.1) is 29.6 Å². The second-order valence-corrected chi connectivity index (χ2v) is 8.25. The molecule has 1 atom stereocenters. The molecule has 0 amide bonds. The van der Waals surface area contributed by atoms with Gasteiger partial charge in [-0.2, -0.15) is 10.2 Å². The Balaban J connectivity index is 1.48. The van der Waals surface area contributed by atoms with Gasteiger partial charge in [-0.3, -0.25) is 4.98 Å². The standard InChI is InChI=1S/C23H26N8/c1-16(13-24)22-17-12-21(26-14-18(17)19(15-27-22)30-10-5-11-30)28-20-6-7-25-23(29-20)31-8-3-2-4-9-31/h6-7,12,14-16H,2-5,8-11H2,1H3,(H,25,26,28,29)/t16-/m0/s1. The summed E-state index contributed by atoms with van der Waals surface area (Å²) in [5.41, 5.74) is 1.87. The van der Waals surface area contributed by atoms with Crippen LogP contribution in [-0.2, 0) is 0 Å². The summed E-state index contributed by atoms with van der Waals surface area (Å²) >= 11 is 0. The summed E-state index contributed by atoms with van der Waals surface area (Å²) in [6, 6.07) is 6.16. The molecule has 0 saturated carbocycles. The molecular weight excluding hydrogens is 388 g/mol. The quantitative estimate of drug-likeness (QED) is 0.670. The predicted octanol–water partition coefficient (Wildman–Crippen LogP) is 3.99. The first-order valence-corrected chi connectivity index (χ1v) is 11.0. The van der Waals surface area contributed by atoms with Crippen LogP contribution >= 0.6 is 0 Å². The van der Waals surface area contributed by atoms with Gasteiger partial charge in [-0.1, -0.05) is 0 Å². The summed E-state index contributed by atoms with van der Waals surface area (Å²) in [5.74, 6) is 1.85. The Morgan fingerprint density at radius 2 is 1.74 bits per heavy atom. The van der Waals surface area contributed by atoms with Gasteiger partial charge in [-0.15, -0.1) is 0 Å². The van der Waals surface area contributed by atoms with Crippen LogP contribution in [-0.4, -0.2) is 46.1 Å². The van der Waals surface area contributed by atoms with Gasteiger partial charge < -0.3 is 15.1 Å². The molecule has 2 fully saturated rings. The Labute approximate surface area is 182 Å². The molecule has 1 N–H and O–H groups in total. The number of piperidine rings is 1. The van der Waals surface area contributed by atoms with Crippen LogP contribution in [0.15, 0.2) is 30.7 Å². The Morgan fingerprint density at radius 3 is 2.48 bits per heavy atom. The number of fused-ring (bicyclic) bond motifs is 1. The van der Waals surface area contributed by atoms with Crippen molar-refractivity contribution in [2.24, 2.45) is 0 Å². The number of hydrogen-bond acceptors (Lipinski definition) is 8. The monoisotopic (exact) mass is 414 g/mol. The number of anilines is 4. The van der Waals surface area contributed by atoms with E-state index in [4.69, 9.17) is 4.98 Å². The number of nitrogens with zero attached hydrogens (tertiary/aromatic N) is 7. The molecule has 2 aliphatic rings. The fourth-order valence-electron chi connectivity index (χ4n) is 4.22. The van der Waals surface area contributed by atoms with Crippen LogP contribution < -0.4 is 15.1 Å². The van der Waals surface area contributed by atoms with Gasteiger partial charge in [-0.05, 0) is 44.7 Å². The molecule has 5 rings (SSSR count). The molecule has 0 unspecified atom stereocenters. The van der Waals surface area contributed by atoms with Crippen molar-refractivity contribution in [2.75, 3.05) is 41.3 Å². The lowest BCUT2D eigenvalue weighted by atomic mass is 10.0. The zero-order valence-corrected chi connectivity index (χ0v) is 17.8. The molecule has 0 radical (unpaired) electrons. The number of rotatable bonds is 5. The van der Waals surface area contributed by atoms with E-state index in [1.807, 2.05) is 31.5 Å². The second kappa shape index (κ2) is 8.34. The third-order valence-electron chi connectivity index (χ3n) is 6.12. The van der Waals surface area contributed by atoms with E-state index in [1.54, 1.807) is 6.20 Å². The Morgan fingerprint density at radius 1 is 0.935 bits per heavy atom. The van der Waals surface area contributed by atoms with Crippen molar-refractivity contribution in [1.29, 1.82) is 5.26 Å². The molecule has 3 aromatic heterocycles. The summed E-state index contributed by atoms with van der Waals surface area (Å²) in [4.78, 5) is 23.0. The zero-order valence-electron chi connectivity index (χ0n) is 17.8. The molecule has 0 bridgehead atoms. The van der Waals surface area contributed by atoms with Gasteiger partial charge in [-0.25, -0.2) is 9.97 Å². The van der Waals surface area contributed by atoms with Crippen LogP contribution in [0.3, 0.4) is 0 Å². The number of aromatic nitrogens is 4. The van der Waals surface area contributed by atoms with Crippen LogP contribution in [0, 0.1) is 11.3 Å². The van der Waals surface area contributed by atoms with E-state index < -0.39 is 0 Å². The highest BCUT2D eigenvalue weighted by atomic mass is 15.3. The lowest BCUT2D eigenvalue weighted by Gasteiger charge is -2.34. The lowest BCUT2D eigenvalue weighted by molar-refractivity contribution is 0.568. The molecular formula is C23H26N8. The minimum atomic E-state index is -0.298. The third-order valence-corrected chi connectivity index (χ3v) is 6.12. The summed E-state index contributed by atoms with van der Waals surface area (Å²) in [5, 5.41) is 14.8. The van der Waals surface area contributed by atoms with Gasteiger partial charge in [0.1, 0.15) is 11.6 Å². The highest BCUT2D eigenvalue weighted by molar-refractivity contribution is 5.96. The second-order valence-electron chi connectivity index (χ2n) is 8.25. The van der Waals surface area contributed by atoms with Crippen LogP contribution in [0.4, 0.5) is 23.3 Å². The number of nitrogens with one attached hydrogen (secondary N) is 1. The van der Waals surface area contributed by atoms with Crippen molar-refractivity contribution < 1.29 is 0 Å². The summed E-state index contributed by atoms with van der Waals surface area (Å²) in [6.07, 6.45) is 10.4. The molecule has 158 valence electrons. The van der Waals surface area contributed by atoms with E-state index in [2.05, 4.69) is 36.1 Å². The summed E-state index contributed by atoms with van der Waals surface area (Å²) in [6.45, 7) is 5.94. The van der Waals surface area contributed by atoms with Crippen molar-refractivity contribution in [1.82, 2.24) is 19.9 Å². The van der Waals surface area contributed by atoms with Crippen molar-refractivity contribution in [3.8, 4) is 6.07 Å². The van der Waals surface area contributed by atoms with Crippen molar-refractivity contribution in [3.63, 3.8) is 0 Å². The van der Waals surface area contributed by atoms with Crippen molar-refractivity contribution in [3.05, 3.63) is 36.4 Å². The van der Waals surface area contributed by atoms with E-state index in [-0.39, 0.29) is 5.92 Å². The van der Waals surface area contributed by atoms with Crippen LogP contribution in [0.25, 0.3) is 10.8 Å². The average Bonchev–Trinajstić information content (AvgIpc) is 2.78. The third kappa shape index (κ3) is 3.83. The smallest absolute Gasteiger partial charge is 0.227 e. The molecule has 2 saturated heterocycles. The molecule has 31 heavy (non-hydrogen) atoms. The molecule has 3 aromatic rings. The summed E-state index contributed by atoms with van der Waals surface area (Å²) < 4.78 is 0. The minimum absolute atomic E-state index is 0.298. The maximum absolute atomic E-state index is 9.49. The predicted molar refractivity (Wildman–Crippen MR) is 122 cm³/mol. The highest BCUT2D eigenvalue weighted by Gasteiger charge is 2.21. The molecule has 8 nitrogen and oxygen atoms in total. The van der Waals surface area contributed by atoms with Crippen LogP contribution in [0.1, 0.15) is 44.2 Å². The van der Waals surface area contributed by atoms with Crippen LogP contribution in [0.5, 0.6) is 0 Å². The van der Waals surface area contributed by atoms with Gasteiger partial charge in [0, 0.05) is 49.3 Å². The maximum Gasteiger partial charge on any atom is 0.227 e. The zero-order chi connectivity index (χ0) is 21.2. The fraction of sp³-hybridized carbons (Fsp3) is 0.435. The minimum Gasteiger partial charge on any atom is -0.370 e. The molecule has 0 aliphatic carbocycles. The van der Waals surface area contributed by atoms with Gasteiger partial charge in [0.2, 0.25) is 5.95 Å². The van der Waals surface area contributed by atoms with Gasteiger partial charge in [0.25, 0.3) is 0 Å². The first kappa shape index (κ1) is 19.5. The first-order chi connectivity index (χ1) is 15.2. The van der Waals surface area contributed by atoms with Crippen molar-refractivity contribution in [2.45, 2.75) is 38.5 Å². The van der Waals surface area contributed by atoms with Gasteiger partial charge >= 0.3 is 0 Å². The fourth-order valence-corrected chi connectivity index (χ4v) is 4.22. The Kier molecular flexibility index (Phi) is 5.24. The van der Waals surface area contributed by atoms with E-state index in [0.717, 1.165) is 54.3 Å². The topological polar surface area (TPSA) is 93.9 Å². The first-order valence-electron chi connectivity index (χ1n) is 11.0. The SMILES string of the molecule is C[C@@H](C#N)c1ncc(N2CCC2)c2cnc(Nc3ccnc(N4CCCCC4)n3)cc12. The Hall–Kier alpha value is -3.47. The molecule has 2 aliphatic heterocycles. The number of hydrogen-bond donors (Lipinski definition) is 1. The Bertz CT molecular complexity index is 1130. The number of pyridine rings is 2. The lowest BCUT2D eigenvalue weighted by Crippen LogP contribution is -2.37. The van der Waals surface area contributed by atoms with E-state index in [0.29, 0.717) is 11.6 Å². The largest absolute Gasteiger partial charge is 0.370 e. The highest BCUT2D eigenvalue weighted by Crippen LogP contribution is 2.34. The number of nitriles is 1. The van der Waals surface area contributed by atoms with Crippen molar-refractivity contribution >= 4 is 34.0 Å². The maximum atomic E-state index is 9.49. The normalized spacial score (nSPS) is 17.2. The van der Waals surface area contributed by atoms with E-state index >= 15 is 0 Å². The molecule has 5 heterocycles. The van der Waals surface area contributed by atoms with E-state index in [9.17, 15) is 5.26 Å². The molecule has 8 heteroatoms. The van der Waals surface area contributed by atoms with Crippen LogP contribution in [0.2, 0.25) is 0 Å². The molecule has 0 aromatic carbocycles. The average molecular weight is 415 g/mol. The van der Waals surface area contributed by atoms with Gasteiger partial charge in [0.15, 0.2) is 0 Å². The molecule has 0 spiro atoms. The van der Waals surface area contributed by atoms with E-state index in [1.165, 1.54) is 25.7 Å².